The molecule has 0 radical (unpaired) electrons. The summed E-state index contributed by atoms with van der Waals surface area (Å²) < 4.78 is 5.31. The molecule has 0 bridgehead atoms. The van der Waals surface area contributed by atoms with Gasteiger partial charge in [0, 0.05) is 0 Å². The zero-order valence-corrected chi connectivity index (χ0v) is 7.21. The van der Waals surface area contributed by atoms with Gasteiger partial charge in [0.25, 0.3) is 0 Å². The van der Waals surface area contributed by atoms with Crippen LogP contribution >= 0.6 is 0 Å². The molecule has 1 aromatic rings. The largest absolute Gasteiger partial charge is 0.512 e. The van der Waals surface area contributed by atoms with Gasteiger partial charge in [-0.05, 0) is 11.8 Å². The molecule has 76 valence electrons. The number of nitrogens with zero attached hydrogens (tertiary/aromatic N) is 3. The Balaban J connectivity index is 3.10. The van der Waals surface area contributed by atoms with Crippen molar-refractivity contribution in [3.63, 3.8) is 0 Å². The van der Waals surface area contributed by atoms with Gasteiger partial charge in [-0.1, -0.05) is 0 Å². The lowest BCUT2D eigenvalue weighted by Gasteiger charge is -1.98. The summed E-state index contributed by atoms with van der Waals surface area (Å²) in [7, 11) is 0. The number of nitro groups is 1. The fourth-order valence-electron chi connectivity index (χ4n) is 0.926. The van der Waals surface area contributed by atoms with Crippen molar-refractivity contribution >= 4 is 12.0 Å². The highest BCUT2D eigenvalue weighted by molar-refractivity contribution is 5.62. The van der Waals surface area contributed by atoms with E-state index in [1.54, 1.807) is 6.92 Å². The van der Waals surface area contributed by atoms with Crippen LogP contribution in [0.25, 0.3) is 0 Å². The molecule has 1 aromatic heterocycles. The summed E-state index contributed by atoms with van der Waals surface area (Å²) in [6.45, 7) is 1.98. The zero-order chi connectivity index (χ0) is 10.7. The van der Waals surface area contributed by atoms with E-state index in [-0.39, 0.29) is 0 Å². The van der Waals surface area contributed by atoms with Gasteiger partial charge in [-0.3, -0.25) is 0 Å². The molecular formula is C6H7N3O5. The number of hydrogen-bond acceptors (Lipinski definition) is 5. The molecule has 0 fully saturated rings. The minimum Gasteiger partial charge on any atom is -0.449 e. The normalized spacial score (nSPS) is 9.79. The van der Waals surface area contributed by atoms with E-state index < -0.39 is 22.8 Å². The molecule has 0 atom stereocenters. The quantitative estimate of drug-likeness (QED) is 0.441. The van der Waals surface area contributed by atoms with Crippen molar-refractivity contribution in [2.24, 2.45) is 0 Å². The van der Waals surface area contributed by atoms with Crippen LogP contribution in [0.1, 0.15) is 6.92 Å². The lowest BCUT2D eigenvalue weighted by molar-refractivity contribution is -0.392. The van der Waals surface area contributed by atoms with E-state index in [0.29, 0.717) is 6.54 Å². The maximum Gasteiger partial charge on any atom is 0.512 e. The first-order valence-corrected chi connectivity index (χ1v) is 3.66. The molecule has 0 spiro atoms. The third-order valence-corrected chi connectivity index (χ3v) is 1.48. The van der Waals surface area contributed by atoms with Gasteiger partial charge >= 0.3 is 17.9 Å². The molecule has 0 saturated carbocycles. The van der Waals surface area contributed by atoms with Crippen molar-refractivity contribution in [3.8, 4) is 5.88 Å². The van der Waals surface area contributed by atoms with Crippen molar-refractivity contribution in [1.29, 1.82) is 0 Å². The van der Waals surface area contributed by atoms with Gasteiger partial charge in [-0.25, -0.2) is 9.36 Å². The average molecular weight is 201 g/mol. The van der Waals surface area contributed by atoms with E-state index in [4.69, 9.17) is 5.11 Å². The van der Waals surface area contributed by atoms with Crippen LogP contribution < -0.4 is 4.74 Å². The van der Waals surface area contributed by atoms with E-state index >= 15 is 0 Å². The summed E-state index contributed by atoms with van der Waals surface area (Å²) in [5.74, 6) is -0.973. The molecule has 14 heavy (non-hydrogen) atoms. The third-order valence-electron chi connectivity index (χ3n) is 1.48. The Morgan fingerprint density at radius 2 is 2.50 bits per heavy atom. The van der Waals surface area contributed by atoms with Crippen LogP contribution in [0.4, 0.5) is 10.6 Å². The SMILES string of the molecule is CCn1cnc(OC(=O)O)c1[N+](=O)[O-]. The molecule has 0 unspecified atom stereocenters. The first-order chi connectivity index (χ1) is 6.56. The number of imidazole rings is 1. The van der Waals surface area contributed by atoms with Gasteiger partial charge in [-0.15, -0.1) is 0 Å². The summed E-state index contributed by atoms with van der Waals surface area (Å²) in [5, 5.41) is 18.8. The number of aryl methyl sites for hydroxylation is 1. The predicted octanol–water partition coefficient (Wildman–Crippen LogP) is 0.868. The Kier molecular flexibility index (Phi) is 2.65. The number of ether oxygens (including phenoxy) is 1. The molecule has 1 heterocycles. The van der Waals surface area contributed by atoms with Gasteiger partial charge in [0.15, 0.2) is 6.33 Å². The number of rotatable bonds is 3. The molecule has 8 heteroatoms. The topological polar surface area (TPSA) is 107 Å². The smallest absolute Gasteiger partial charge is 0.449 e. The molecule has 8 nitrogen and oxygen atoms in total. The molecule has 0 aliphatic carbocycles. The molecule has 1 N–H and O–H groups in total. The fourth-order valence-corrected chi connectivity index (χ4v) is 0.926. The summed E-state index contributed by atoms with van der Waals surface area (Å²) in [4.78, 5) is 23.4. The fraction of sp³-hybridized carbons (Fsp3) is 0.333. The Morgan fingerprint density at radius 3 is 2.93 bits per heavy atom. The van der Waals surface area contributed by atoms with Gasteiger partial charge in [-0.2, -0.15) is 4.98 Å². The molecule has 0 aliphatic heterocycles. The van der Waals surface area contributed by atoms with E-state index in [1.165, 1.54) is 4.57 Å². The molecule has 0 saturated heterocycles. The van der Waals surface area contributed by atoms with Crippen molar-refractivity contribution in [1.82, 2.24) is 9.55 Å². The highest BCUT2D eigenvalue weighted by Crippen LogP contribution is 2.24. The van der Waals surface area contributed by atoms with Gasteiger partial charge in [0.1, 0.15) is 0 Å². The number of aromatic nitrogens is 2. The van der Waals surface area contributed by atoms with Gasteiger partial charge < -0.3 is 20.0 Å². The number of carbonyl (C=O) groups is 1. The van der Waals surface area contributed by atoms with E-state index in [1.807, 2.05) is 0 Å². The van der Waals surface area contributed by atoms with E-state index in [0.717, 1.165) is 6.33 Å². The van der Waals surface area contributed by atoms with Crippen LogP contribution in [-0.2, 0) is 6.54 Å². The summed E-state index contributed by atoms with van der Waals surface area (Å²) >= 11 is 0. The minimum absolute atomic E-state index is 0.312. The maximum absolute atomic E-state index is 10.5. The molecular weight excluding hydrogens is 194 g/mol. The Morgan fingerprint density at radius 1 is 1.86 bits per heavy atom. The van der Waals surface area contributed by atoms with Crippen molar-refractivity contribution in [3.05, 3.63) is 16.4 Å². The monoisotopic (exact) mass is 201 g/mol. The highest BCUT2D eigenvalue weighted by Gasteiger charge is 2.24. The summed E-state index contributed by atoms with van der Waals surface area (Å²) in [6.07, 6.45) is -0.481. The first-order valence-electron chi connectivity index (χ1n) is 3.66. The molecule has 0 aromatic carbocycles. The van der Waals surface area contributed by atoms with Crippen molar-refractivity contribution in [2.75, 3.05) is 0 Å². The zero-order valence-electron chi connectivity index (χ0n) is 7.21. The third kappa shape index (κ3) is 1.79. The van der Waals surface area contributed by atoms with Gasteiger partial charge in [0.2, 0.25) is 0 Å². The van der Waals surface area contributed by atoms with Crippen LogP contribution in [0.15, 0.2) is 6.33 Å². The van der Waals surface area contributed by atoms with Gasteiger partial charge in [0.05, 0.1) is 6.54 Å². The van der Waals surface area contributed by atoms with E-state index in [9.17, 15) is 14.9 Å². The lowest BCUT2D eigenvalue weighted by atomic mass is 10.6. The van der Waals surface area contributed by atoms with Crippen molar-refractivity contribution < 1.29 is 19.6 Å². The number of carboxylic acid groups (broad SMARTS) is 1. The second kappa shape index (κ2) is 3.73. The second-order valence-electron chi connectivity index (χ2n) is 2.28. The molecule has 0 aliphatic rings. The van der Waals surface area contributed by atoms with Crippen molar-refractivity contribution in [2.45, 2.75) is 13.5 Å². The Bertz CT molecular complexity index is 372. The number of hydrogen-bond donors (Lipinski definition) is 1. The lowest BCUT2D eigenvalue weighted by Crippen LogP contribution is -2.06. The van der Waals surface area contributed by atoms with Crippen LogP contribution in [0.2, 0.25) is 0 Å². The highest BCUT2D eigenvalue weighted by atomic mass is 16.7. The summed E-state index contributed by atoms with van der Waals surface area (Å²) in [5.41, 5.74) is 0. The molecule has 1 rings (SSSR count). The van der Waals surface area contributed by atoms with Crippen LogP contribution in [0, 0.1) is 10.1 Å². The van der Waals surface area contributed by atoms with E-state index in [2.05, 4.69) is 9.72 Å². The van der Waals surface area contributed by atoms with Crippen LogP contribution in [-0.4, -0.2) is 25.7 Å². The maximum atomic E-state index is 10.5. The Hall–Kier alpha value is -2.12. The Labute approximate surface area is 77.9 Å². The minimum atomic E-state index is -1.63. The average Bonchev–Trinajstić information content (AvgIpc) is 2.46. The van der Waals surface area contributed by atoms with Crippen LogP contribution in [0.5, 0.6) is 5.88 Å². The standard InChI is InChI=1S/C6H7N3O5/c1-2-8-3-7-4(14-6(10)11)5(8)9(12)13/h3H,2H2,1H3,(H,10,11). The van der Waals surface area contributed by atoms with Crippen LogP contribution in [0.3, 0.4) is 0 Å². The predicted molar refractivity (Wildman–Crippen MR) is 43.2 cm³/mol. The second-order valence-corrected chi connectivity index (χ2v) is 2.28. The summed E-state index contributed by atoms with van der Waals surface area (Å²) in [6, 6.07) is 0. The molecule has 0 amide bonds. The first kappa shape index (κ1) is 9.96.